The SMILES string of the molecule is Cc1cc(C2CCCCN2C(=O)CN)nc2ccnn12. The number of hydrogen-bond donors (Lipinski definition) is 1. The van der Waals surface area contributed by atoms with E-state index in [1.54, 1.807) is 10.7 Å². The lowest BCUT2D eigenvalue weighted by molar-refractivity contribution is -0.133. The Balaban J connectivity index is 2.00. The minimum absolute atomic E-state index is 0.00235. The molecule has 0 aliphatic carbocycles. The Morgan fingerprint density at radius 3 is 3.15 bits per heavy atom. The van der Waals surface area contributed by atoms with Gasteiger partial charge in [-0.3, -0.25) is 4.79 Å². The van der Waals surface area contributed by atoms with Gasteiger partial charge in [0.2, 0.25) is 5.91 Å². The van der Waals surface area contributed by atoms with Crippen LogP contribution in [0.1, 0.15) is 36.7 Å². The van der Waals surface area contributed by atoms with Gasteiger partial charge in [-0.25, -0.2) is 9.50 Å². The van der Waals surface area contributed by atoms with Crippen LogP contribution in [0.4, 0.5) is 0 Å². The van der Waals surface area contributed by atoms with Gasteiger partial charge in [0.05, 0.1) is 24.5 Å². The second-order valence-electron chi connectivity index (χ2n) is 5.23. The van der Waals surface area contributed by atoms with Gasteiger partial charge in [0.1, 0.15) is 0 Å². The molecule has 2 aromatic rings. The van der Waals surface area contributed by atoms with Gasteiger partial charge in [-0.15, -0.1) is 0 Å². The van der Waals surface area contributed by atoms with E-state index in [1.807, 2.05) is 24.0 Å². The van der Waals surface area contributed by atoms with Gasteiger partial charge in [-0.1, -0.05) is 0 Å². The molecule has 0 radical (unpaired) electrons. The third kappa shape index (κ3) is 2.16. The molecule has 1 saturated heterocycles. The monoisotopic (exact) mass is 273 g/mol. The van der Waals surface area contributed by atoms with E-state index in [0.717, 1.165) is 42.8 Å². The highest BCUT2D eigenvalue weighted by Gasteiger charge is 2.28. The van der Waals surface area contributed by atoms with Crippen molar-refractivity contribution in [1.29, 1.82) is 0 Å². The van der Waals surface area contributed by atoms with E-state index in [4.69, 9.17) is 5.73 Å². The number of hydrogen-bond acceptors (Lipinski definition) is 4. The molecule has 0 spiro atoms. The number of carbonyl (C=O) groups excluding carboxylic acids is 1. The van der Waals surface area contributed by atoms with E-state index < -0.39 is 0 Å². The first-order chi connectivity index (χ1) is 9.70. The quantitative estimate of drug-likeness (QED) is 0.887. The van der Waals surface area contributed by atoms with Crippen molar-refractivity contribution in [1.82, 2.24) is 19.5 Å². The van der Waals surface area contributed by atoms with Crippen LogP contribution in [0.15, 0.2) is 18.3 Å². The lowest BCUT2D eigenvalue weighted by Gasteiger charge is -2.35. The molecule has 1 unspecified atom stereocenters. The van der Waals surface area contributed by atoms with Crippen LogP contribution in [0, 0.1) is 6.92 Å². The minimum atomic E-state index is 0.00235. The second-order valence-corrected chi connectivity index (χ2v) is 5.23. The molecule has 20 heavy (non-hydrogen) atoms. The molecular formula is C14H19N5O. The van der Waals surface area contributed by atoms with Crippen molar-refractivity contribution in [2.75, 3.05) is 13.1 Å². The molecule has 1 aliphatic heterocycles. The van der Waals surface area contributed by atoms with Gasteiger partial charge < -0.3 is 10.6 Å². The molecule has 0 aromatic carbocycles. The summed E-state index contributed by atoms with van der Waals surface area (Å²) < 4.78 is 1.81. The second kappa shape index (κ2) is 5.20. The molecular weight excluding hydrogens is 254 g/mol. The van der Waals surface area contributed by atoms with Crippen LogP contribution < -0.4 is 5.73 Å². The van der Waals surface area contributed by atoms with Gasteiger partial charge in [-0.05, 0) is 32.3 Å². The summed E-state index contributed by atoms with van der Waals surface area (Å²) >= 11 is 0. The third-order valence-electron chi connectivity index (χ3n) is 3.90. The summed E-state index contributed by atoms with van der Waals surface area (Å²) in [6.07, 6.45) is 4.84. The molecule has 2 aromatic heterocycles. The first kappa shape index (κ1) is 13.1. The number of carbonyl (C=O) groups is 1. The predicted molar refractivity (Wildman–Crippen MR) is 75.1 cm³/mol. The van der Waals surface area contributed by atoms with Crippen LogP contribution >= 0.6 is 0 Å². The minimum Gasteiger partial charge on any atom is -0.333 e. The highest BCUT2D eigenvalue weighted by Crippen LogP contribution is 2.30. The lowest BCUT2D eigenvalue weighted by Crippen LogP contribution is -2.42. The fourth-order valence-electron chi connectivity index (χ4n) is 2.92. The van der Waals surface area contributed by atoms with Crippen molar-refractivity contribution in [2.45, 2.75) is 32.2 Å². The maximum atomic E-state index is 12.0. The maximum absolute atomic E-state index is 12.0. The largest absolute Gasteiger partial charge is 0.333 e. The first-order valence-corrected chi connectivity index (χ1v) is 7.01. The smallest absolute Gasteiger partial charge is 0.236 e. The molecule has 3 heterocycles. The molecule has 0 bridgehead atoms. The normalized spacial score (nSPS) is 19.5. The van der Waals surface area contributed by atoms with E-state index in [2.05, 4.69) is 10.1 Å². The van der Waals surface area contributed by atoms with Gasteiger partial charge in [0.15, 0.2) is 5.65 Å². The molecule has 0 saturated carbocycles. The molecule has 6 heteroatoms. The Morgan fingerprint density at radius 2 is 2.35 bits per heavy atom. The van der Waals surface area contributed by atoms with Crippen LogP contribution in [-0.2, 0) is 4.79 Å². The van der Waals surface area contributed by atoms with Crippen LogP contribution in [0.2, 0.25) is 0 Å². The number of nitrogens with zero attached hydrogens (tertiary/aromatic N) is 4. The van der Waals surface area contributed by atoms with E-state index in [-0.39, 0.29) is 18.5 Å². The van der Waals surface area contributed by atoms with E-state index in [9.17, 15) is 4.79 Å². The van der Waals surface area contributed by atoms with E-state index in [0.29, 0.717) is 0 Å². The van der Waals surface area contributed by atoms with E-state index >= 15 is 0 Å². The zero-order valence-corrected chi connectivity index (χ0v) is 11.6. The van der Waals surface area contributed by atoms with E-state index in [1.165, 1.54) is 0 Å². The molecule has 6 nitrogen and oxygen atoms in total. The van der Waals surface area contributed by atoms with Crippen molar-refractivity contribution in [3.05, 3.63) is 29.7 Å². The highest BCUT2D eigenvalue weighted by atomic mass is 16.2. The van der Waals surface area contributed by atoms with Crippen molar-refractivity contribution >= 4 is 11.6 Å². The molecule has 1 aliphatic rings. The van der Waals surface area contributed by atoms with Crippen LogP contribution in [0.5, 0.6) is 0 Å². The summed E-state index contributed by atoms with van der Waals surface area (Å²) in [6, 6.07) is 3.94. The van der Waals surface area contributed by atoms with Gasteiger partial charge in [0.25, 0.3) is 0 Å². The van der Waals surface area contributed by atoms with Crippen molar-refractivity contribution < 1.29 is 4.79 Å². The predicted octanol–water partition coefficient (Wildman–Crippen LogP) is 1.05. The summed E-state index contributed by atoms with van der Waals surface area (Å²) in [4.78, 5) is 18.5. The Hall–Kier alpha value is -1.95. The lowest BCUT2D eigenvalue weighted by atomic mass is 9.98. The summed E-state index contributed by atoms with van der Waals surface area (Å²) in [6.45, 7) is 2.83. The van der Waals surface area contributed by atoms with Gasteiger partial charge in [-0.2, -0.15) is 5.10 Å². The Bertz CT molecular complexity index is 636. The molecule has 1 amide bonds. The average Bonchev–Trinajstić information content (AvgIpc) is 2.95. The number of aromatic nitrogens is 3. The summed E-state index contributed by atoms with van der Waals surface area (Å²) in [5.74, 6) is 0.00235. The number of likely N-dealkylation sites (tertiary alicyclic amines) is 1. The zero-order valence-electron chi connectivity index (χ0n) is 11.6. The summed E-state index contributed by atoms with van der Waals surface area (Å²) in [5, 5.41) is 4.23. The Morgan fingerprint density at radius 1 is 1.50 bits per heavy atom. The van der Waals surface area contributed by atoms with Crippen LogP contribution in [0.25, 0.3) is 5.65 Å². The fourth-order valence-corrected chi connectivity index (χ4v) is 2.92. The number of fused-ring (bicyclic) bond motifs is 1. The molecule has 2 N–H and O–H groups in total. The Labute approximate surface area is 117 Å². The fraction of sp³-hybridized carbons (Fsp3) is 0.500. The highest BCUT2D eigenvalue weighted by molar-refractivity contribution is 5.78. The number of nitrogens with two attached hydrogens (primary N) is 1. The standard InChI is InChI=1S/C14H19N5O/c1-10-8-11(17-13-5-6-16-19(10)13)12-4-2-3-7-18(12)14(20)9-15/h5-6,8,12H,2-4,7,9,15H2,1H3. The van der Waals surface area contributed by atoms with Crippen molar-refractivity contribution in [3.63, 3.8) is 0 Å². The number of piperidine rings is 1. The molecule has 1 atom stereocenters. The molecule has 1 fully saturated rings. The van der Waals surface area contributed by atoms with Crippen molar-refractivity contribution in [2.24, 2.45) is 5.73 Å². The third-order valence-corrected chi connectivity index (χ3v) is 3.90. The molecule has 106 valence electrons. The van der Waals surface area contributed by atoms with Crippen LogP contribution in [-0.4, -0.2) is 38.5 Å². The maximum Gasteiger partial charge on any atom is 0.236 e. The van der Waals surface area contributed by atoms with Gasteiger partial charge >= 0.3 is 0 Å². The number of amides is 1. The van der Waals surface area contributed by atoms with Crippen molar-refractivity contribution in [3.8, 4) is 0 Å². The van der Waals surface area contributed by atoms with Crippen LogP contribution in [0.3, 0.4) is 0 Å². The average molecular weight is 273 g/mol. The topological polar surface area (TPSA) is 76.5 Å². The summed E-state index contributed by atoms with van der Waals surface area (Å²) in [7, 11) is 0. The van der Waals surface area contributed by atoms with Gasteiger partial charge in [0, 0.05) is 18.3 Å². The molecule has 3 rings (SSSR count). The summed E-state index contributed by atoms with van der Waals surface area (Å²) in [5.41, 5.74) is 8.32. The number of aryl methyl sites for hydroxylation is 1. The Kier molecular flexibility index (Phi) is 3.40. The number of rotatable bonds is 2. The zero-order chi connectivity index (χ0) is 14.1. The first-order valence-electron chi connectivity index (χ1n) is 7.01.